The highest BCUT2D eigenvalue weighted by molar-refractivity contribution is 4.99. The fourth-order valence-corrected chi connectivity index (χ4v) is 1.10. The molecule has 1 aromatic rings. The Kier molecular flexibility index (Phi) is 4.40. The van der Waals surface area contributed by atoms with Gasteiger partial charge in [-0.15, -0.1) is 0 Å². The van der Waals surface area contributed by atoms with Gasteiger partial charge in [0.2, 0.25) is 0 Å². The lowest BCUT2D eigenvalue weighted by molar-refractivity contribution is 0.145. The highest BCUT2D eigenvalue weighted by atomic mass is 16.5. The molecule has 0 radical (unpaired) electrons. The minimum Gasteiger partial charge on any atom is -0.382 e. The molecule has 0 bridgehead atoms. The third kappa shape index (κ3) is 3.99. The van der Waals surface area contributed by atoms with E-state index < -0.39 is 0 Å². The molecule has 1 aromatic heterocycles. The van der Waals surface area contributed by atoms with Crippen LogP contribution in [-0.4, -0.2) is 23.2 Å². The normalized spacial score (nSPS) is 10.3. The summed E-state index contributed by atoms with van der Waals surface area (Å²) in [6.07, 6.45) is 3.71. The summed E-state index contributed by atoms with van der Waals surface area (Å²) in [7, 11) is 0. The van der Waals surface area contributed by atoms with Crippen LogP contribution >= 0.6 is 0 Å². The number of rotatable bonds is 5. The summed E-state index contributed by atoms with van der Waals surface area (Å²) < 4.78 is 5.23. The van der Waals surface area contributed by atoms with Gasteiger partial charge in [-0.3, -0.25) is 0 Å². The molecule has 0 unspecified atom stereocenters. The first-order valence-electron chi connectivity index (χ1n) is 4.69. The minimum absolute atomic E-state index is 0.786. The van der Waals surface area contributed by atoms with Crippen LogP contribution in [0.4, 0.5) is 0 Å². The van der Waals surface area contributed by atoms with Gasteiger partial charge < -0.3 is 4.74 Å². The Morgan fingerprint density at radius 2 is 2.31 bits per heavy atom. The van der Waals surface area contributed by atoms with Crippen molar-refractivity contribution in [2.45, 2.75) is 26.7 Å². The molecule has 0 aliphatic heterocycles. The van der Waals surface area contributed by atoms with E-state index in [1.54, 1.807) is 6.20 Å². The van der Waals surface area contributed by atoms with Crippen molar-refractivity contribution in [2.24, 2.45) is 0 Å². The largest absolute Gasteiger partial charge is 0.382 e. The summed E-state index contributed by atoms with van der Waals surface area (Å²) >= 11 is 0. The van der Waals surface area contributed by atoms with Crippen LogP contribution in [0.15, 0.2) is 12.3 Å². The van der Waals surface area contributed by atoms with Crippen LogP contribution in [-0.2, 0) is 11.2 Å². The van der Waals surface area contributed by atoms with Crippen molar-refractivity contribution >= 4 is 0 Å². The van der Waals surface area contributed by atoms with E-state index in [4.69, 9.17) is 4.74 Å². The van der Waals surface area contributed by atoms with Crippen LogP contribution in [0.25, 0.3) is 0 Å². The van der Waals surface area contributed by atoms with Crippen molar-refractivity contribution in [3.63, 3.8) is 0 Å². The highest BCUT2D eigenvalue weighted by Crippen LogP contribution is 1.97. The highest BCUT2D eigenvalue weighted by Gasteiger charge is 1.95. The number of ether oxygens (including phenoxy) is 1. The van der Waals surface area contributed by atoms with Crippen LogP contribution in [0.3, 0.4) is 0 Å². The Morgan fingerprint density at radius 1 is 1.46 bits per heavy atom. The Bertz CT molecular complexity index is 250. The molecule has 0 saturated carbocycles. The lowest BCUT2D eigenvalue weighted by atomic mass is 10.3. The van der Waals surface area contributed by atoms with E-state index in [9.17, 15) is 0 Å². The number of aryl methyl sites for hydroxylation is 2. The van der Waals surface area contributed by atoms with Crippen molar-refractivity contribution in [1.82, 2.24) is 9.97 Å². The summed E-state index contributed by atoms with van der Waals surface area (Å²) in [6, 6.07) is 1.91. The van der Waals surface area contributed by atoms with Crippen LogP contribution in [0.5, 0.6) is 0 Å². The van der Waals surface area contributed by atoms with Gasteiger partial charge in [-0.1, -0.05) is 0 Å². The van der Waals surface area contributed by atoms with Crippen LogP contribution < -0.4 is 0 Å². The second-order valence-corrected chi connectivity index (χ2v) is 2.91. The Balaban J connectivity index is 2.28. The molecule has 1 heterocycles. The average molecular weight is 180 g/mol. The first-order valence-corrected chi connectivity index (χ1v) is 4.69. The molecule has 3 nitrogen and oxygen atoms in total. The van der Waals surface area contributed by atoms with E-state index in [0.717, 1.165) is 37.6 Å². The third-order valence-electron chi connectivity index (χ3n) is 1.74. The van der Waals surface area contributed by atoms with Gasteiger partial charge in [-0.2, -0.15) is 0 Å². The van der Waals surface area contributed by atoms with E-state index in [0.29, 0.717) is 0 Å². The molecule has 0 aromatic carbocycles. The standard InChI is InChI=1S/C10H16N2O/c1-3-13-8-4-5-10-11-7-6-9(2)12-10/h6-7H,3-5,8H2,1-2H3. The van der Waals surface area contributed by atoms with Crippen molar-refractivity contribution < 1.29 is 4.74 Å². The lowest BCUT2D eigenvalue weighted by Gasteiger charge is -2.01. The first-order chi connectivity index (χ1) is 6.33. The van der Waals surface area contributed by atoms with Crippen molar-refractivity contribution in [1.29, 1.82) is 0 Å². The Morgan fingerprint density at radius 3 is 3.00 bits per heavy atom. The molecule has 0 fully saturated rings. The quantitative estimate of drug-likeness (QED) is 0.647. The van der Waals surface area contributed by atoms with Crippen LogP contribution in [0, 0.1) is 6.92 Å². The van der Waals surface area contributed by atoms with Gasteiger partial charge in [0.25, 0.3) is 0 Å². The SMILES string of the molecule is CCOCCCc1nccc(C)n1. The molecule has 0 aliphatic carbocycles. The van der Waals surface area contributed by atoms with Gasteiger partial charge in [-0.05, 0) is 26.3 Å². The first kappa shape index (κ1) is 10.1. The van der Waals surface area contributed by atoms with E-state index in [1.165, 1.54) is 0 Å². The maximum atomic E-state index is 5.23. The number of hydrogen-bond donors (Lipinski definition) is 0. The van der Waals surface area contributed by atoms with Crippen LogP contribution in [0.2, 0.25) is 0 Å². The van der Waals surface area contributed by atoms with Gasteiger partial charge in [0, 0.05) is 31.5 Å². The maximum absolute atomic E-state index is 5.23. The zero-order valence-corrected chi connectivity index (χ0v) is 8.29. The van der Waals surface area contributed by atoms with Crippen LogP contribution in [0.1, 0.15) is 24.9 Å². The smallest absolute Gasteiger partial charge is 0.128 e. The van der Waals surface area contributed by atoms with Crippen molar-refractivity contribution in [3.8, 4) is 0 Å². The van der Waals surface area contributed by atoms with E-state index in [-0.39, 0.29) is 0 Å². The Labute approximate surface area is 79.2 Å². The fourth-order valence-electron chi connectivity index (χ4n) is 1.10. The molecule has 72 valence electrons. The lowest BCUT2D eigenvalue weighted by Crippen LogP contribution is -2.00. The van der Waals surface area contributed by atoms with Gasteiger partial charge in [0.05, 0.1) is 0 Å². The van der Waals surface area contributed by atoms with Gasteiger partial charge in [0.15, 0.2) is 0 Å². The minimum atomic E-state index is 0.786. The molecule has 1 rings (SSSR count). The number of nitrogens with zero attached hydrogens (tertiary/aromatic N) is 2. The van der Waals surface area contributed by atoms with Crippen molar-refractivity contribution in [2.75, 3.05) is 13.2 Å². The molecular weight excluding hydrogens is 164 g/mol. The number of aromatic nitrogens is 2. The van der Waals surface area contributed by atoms with Gasteiger partial charge in [0.1, 0.15) is 5.82 Å². The molecule has 0 saturated heterocycles. The van der Waals surface area contributed by atoms with E-state index in [1.807, 2.05) is 19.9 Å². The molecule has 0 amide bonds. The maximum Gasteiger partial charge on any atom is 0.128 e. The monoisotopic (exact) mass is 180 g/mol. The van der Waals surface area contributed by atoms with Crippen molar-refractivity contribution in [3.05, 3.63) is 23.8 Å². The summed E-state index contributed by atoms with van der Waals surface area (Å²) in [5.41, 5.74) is 1.03. The Hall–Kier alpha value is -0.960. The predicted molar refractivity (Wildman–Crippen MR) is 51.6 cm³/mol. The molecule has 3 heteroatoms. The number of hydrogen-bond acceptors (Lipinski definition) is 3. The predicted octanol–water partition coefficient (Wildman–Crippen LogP) is 1.75. The molecule has 0 spiro atoms. The summed E-state index contributed by atoms with van der Waals surface area (Å²) in [4.78, 5) is 8.47. The molecule has 0 aliphatic rings. The topological polar surface area (TPSA) is 35.0 Å². The molecule has 0 atom stereocenters. The molecular formula is C10H16N2O. The average Bonchev–Trinajstić information content (AvgIpc) is 2.13. The summed E-state index contributed by atoms with van der Waals surface area (Å²) in [5.74, 6) is 0.916. The van der Waals surface area contributed by atoms with Gasteiger partial charge >= 0.3 is 0 Å². The molecule has 13 heavy (non-hydrogen) atoms. The van der Waals surface area contributed by atoms with E-state index in [2.05, 4.69) is 9.97 Å². The second-order valence-electron chi connectivity index (χ2n) is 2.91. The fraction of sp³-hybridized carbons (Fsp3) is 0.600. The second kappa shape index (κ2) is 5.65. The molecule has 0 N–H and O–H groups in total. The zero-order valence-electron chi connectivity index (χ0n) is 8.29. The summed E-state index contributed by atoms with van der Waals surface area (Å²) in [6.45, 7) is 5.57. The van der Waals surface area contributed by atoms with Gasteiger partial charge in [-0.25, -0.2) is 9.97 Å². The summed E-state index contributed by atoms with van der Waals surface area (Å²) in [5, 5.41) is 0. The zero-order chi connectivity index (χ0) is 9.52. The van der Waals surface area contributed by atoms with E-state index >= 15 is 0 Å². The third-order valence-corrected chi connectivity index (χ3v) is 1.74.